The number of aryl methyl sites for hydroxylation is 1. The van der Waals surface area contributed by atoms with Crippen LogP contribution in [0.25, 0.3) is 0 Å². The van der Waals surface area contributed by atoms with Gasteiger partial charge in [0.15, 0.2) is 0 Å². The standard InChI is InChI=1S/C17H23N5O3S/c1-2-9-21-13-16(10-19-21)26(24,25)22(11-14-5-7-18-8-6-14)12-15-3-4-17(23)20-15/h5-8,10,13,15H,2-4,9,11-12H2,1H3,(H,20,23)/t15-/m0/s1. The van der Waals surface area contributed by atoms with E-state index in [4.69, 9.17) is 0 Å². The average Bonchev–Trinajstić information content (AvgIpc) is 3.25. The fraction of sp³-hybridized carbons (Fsp3) is 0.471. The molecule has 0 spiro atoms. The second-order valence-corrected chi connectivity index (χ2v) is 8.33. The minimum absolute atomic E-state index is 0.0352. The zero-order valence-electron chi connectivity index (χ0n) is 14.7. The molecule has 1 aliphatic heterocycles. The van der Waals surface area contributed by atoms with E-state index >= 15 is 0 Å². The van der Waals surface area contributed by atoms with Crippen LogP contribution in [0.5, 0.6) is 0 Å². The summed E-state index contributed by atoms with van der Waals surface area (Å²) in [6, 6.07) is 3.40. The Bertz CT molecular complexity index is 850. The number of hydrogen-bond acceptors (Lipinski definition) is 5. The van der Waals surface area contributed by atoms with Crippen LogP contribution in [0, 0.1) is 0 Å². The van der Waals surface area contributed by atoms with Crippen molar-refractivity contribution >= 4 is 15.9 Å². The van der Waals surface area contributed by atoms with Gasteiger partial charge in [-0.05, 0) is 30.5 Å². The van der Waals surface area contributed by atoms with Gasteiger partial charge in [0.05, 0.1) is 6.20 Å². The zero-order chi connectivity index (χ0) is 18.6. The van der Waals surface area contributed by atoms with Crippen LogP contribution in [0.15, 0.2) is 41.8 Å². The average molecular weight is 377 g/mol. The molecule has 0 saturated carbocycles. The van der Waals surface area contributed by atoms with Gasteiger partial charge in [-0.1, -0.05) is 6.92 Å². The van der Waals surface area contributed by atoms with E-state index in [1.807, 2.05) is 6.92 Å². The van der Waals surface area contributed by atoms with Gasteiger partial charge < -0.3 is 5.32 Å². The molecule has 0 bridgehead atoms. The van der Waals surface area contributed by atoms with Gasteiger partial charge in [-0.2, -0.15) is 9.40 Å². The van der Waals surface area contributed by atoms with Crippen LogP contribution < -0.4 is 5.32 Å². The molecule has 0 radical (unpaired) electrons. The van der Waals surface area contributed by atoms with Crippen LogP contribution >= 0.6 is 0 Å². The summed E-state index contributed by atoms with van der Waals surface area (Å²) in [6.07, 6.45) is 8.16. The van der Waals surface area contributed by atoms with Crippen molar-refractivity contribution in [3.63, 3.8) is 0 Å². The fourth-order valence-electron chi connectivity index (χ4n) is 2.98. The van der Waals surface area contributed by atoms with Gasteiger partial charge in [0, 0.05) is 50.7 Å². The predicted octanol–water partition coefficient (Wildman–Crippen LogP) is 1.16. The summed E-state index contributed by atoms with van der Waals surface area (Å²) in [6.45, 7) is 3.12. The van der Waals surface area contributed by atoms with Crippen LogP contribution in [0.1, 0.15) is 31.7 Å². The molecule has 0 aliphatic carbocycles. The van der Waals surface area contributed by atoms with Crippen molar-refractivity contribution in [3.05, 3.63) is 42.5 Å². The van der Waals surface area contributed by atoms with Crippen molar-refractivity contribution in [2.75, 3.05) is 6.54 Å². The summed E-state index contributed by atoms with van der Waals surface area (Å²) in [7, 11) is -3.72. The van der Waals surface area contributed by atoms with Crippen molar-refractivity contribution in [2.45, 2.75) is 50.2 Å². The molecule has 1 atom stereocenters. The van der Waals surface area contributed by atoms with E-state index in [9.17, 15) is 13.2 Å². The highest BCUT2D eigenvalue weighted by Crippen LogP contribution is 2.20. The van der Waals surface area contributed by atoms with E-state index in [-0.39, 0.29) is 29.9 Å². The highest BCUT2D eigenvalue weighted by Gasteiger charge is 2.31. The molecule has 3 heterocycles. The van der Waals surface area contributed by atoms with Crippen molar-refractivity contribution in [1.82, 2.24) is 24.4 Å². The number of carbonyl (C=O) groups is 1. The normalized spacial score (nSPS) is 17.6. The second-order valence-electron chi connectivity index (χ2n) is 6.40. The smallest absolute Gasteiger partial charge is 0.246 e. The van der Waals surface area contributed by atoms with E-state index in [0.717, 1.165) is 12.0 Å². The largest absolute Gasteiger partial charge is 0.352 e. The molecule has 1 amide bonds. The highest BCUT2D eigenvalue weighted by atomic mass is 32.2. The number of nitrogens with one attached hydrogen (secondary N) is 1. The predicted molar refractivity (Wildman–Crippen MR) is 95.5 cm³/mol. The number of carbonyl (C=O) groups excluding carboxylic acids is 1. The van der Waals surface area contributed by atoms with Crippen molar-refractivity contribution in [1.29, 1.82) is 0 Å². The fourth-order valence-corrected chi connectivity index (χ4v) is 4.41. The quantitative estimate of drug-likeness (QED) is 0.744. The molecule has 2 aromatic heterocycles. The molecule has 1 N–H and O–H groups in total. The number of aromatic nitrogens is 3. The maximum atomic E-state index is 13.2. The number of rotatable bonds is 8. The topological polar surface area (TPSA) is 97.2 Å². The first kappa shape index (κ1) is 18.5. The van der Waals surface area contributed by atoms with Gasteiger partial charge in [-0.25, -0.2) is 8.42 Å². The van der Waals surface area contributed by atoms with Crippen molar-refractivity contribution in [2.24, 2.45) is 0 Å². The molecule has 9 heteroatoms. The first-order chi connectivity index (χ1) is 12.5. The van der Waals surface area contributed by atoms with Crippen LogP contribution in [-0.4, -0.2) is 46.0 Å². The lowest BCUT2D eigenvalue weighted by atomic mass is 10.2. The van der Waals surface area contributed by atoms with Crippen LogP contribution in [0.2, 0.25) is 0 Å². The van der Waals surface area contributed by atoms with Crippen molar-refractivity contribution in [3.8, 4) is 0 Å². The molecular weight excluding hydrogens is 354 g/mol. The monoisotopic (exact) mass is 377 g/mol. The van der Waals surface area contributed by atoms with E-state index in [0.29, 0.717) is 19.4 Å². The van der Waals surface area contributed by atoms with E-state index in [1.54, 1.807) is 35.4 Å². The first-order valence-corrected chi connectivity index (χ1v) is 10.1. The molecule has 8 nitrogen and oxygen atoms in total. The van der Waals surface area contributed by atoms with Crippen LogP contribution in [0.4, 0.5) is 0 Å². The summed E-state index contributed by atoms with van der Waals surface area (Å²) in [5, 5.41) is 6.98. The van der Waals surface area contributed by atoms with Crippen molar-refractivity contribution < 1.29 is 13.2 Å². The maximum absolute atomic E-state index is 13.2. The Hall–Kier alpha value is -2.26. The molecule has 1 fully saturated rings. The molecule has 1 saturated heterocycles. The number of pyridine rings is 1. The summed E-state index contributed by atoms with van der Waals surface area (Å²) in [5.74, 6) is -0.0352. The SMILES string of the molecule is CCCn1cc(S(=O)(=O)N(Cc2ccncc2)C[C@@H]2CCC(=O)N2)cn1. The summed E-state index contributed by atoms with van der Waals surface area (Å²) in [5.41, 5.74) is 0.842. The molecule has 1 aliphatic rings. The second kappa shape index (κ2) is 7.96. The summed E-state index contributed by atoms with van der Waals surface area (Å²) < 4.78 is 29.4. The third-order valence-electron chi connectivity index (χ3n) is 4.32. The highest BCUT2D eigenvalue weighted by molar-refractivity contribution is 7.89. The number of hydrogen-bond donors (Lipinski definition) is 1. The van der Waals surface area contributed by atoms with Crippen LogP contribution in [0.3, 0.4) is 0 Å². The third-order valence-corrected chi connectivity index (χ3v) is 6.08. The molecule has 140 valence electrons. The molecule has 0 unspecified atom stereocenters. The first-order valence-electron chi connectivity index (χ1n) is 8.70. The van der Waals surface area contributed by atoms with E-state index in [1.165, 1.54) is 10.5 Å². The van der Waals surface area contributed by atoms with E-state index < -0.39 is 10.0 Å². The number of sulfonamides is 1. The maximum Gasteiger partial charge on any atom is 0.246 e. The summed E-state index contributed by atoms with van der Waals surface area (Å²) in [4.78, 5) is 15.6. The Balaban J connectivity index is 1.85. The van der Waals surface area contributed by atoms with Crippen LogP contribution in [-0.2, 0) is 27.9 Å². The Kier molecular flexibility index (Phi) is 5.67. The Morgan fingerprint density at radius 2 is 2.12 bits per heavy atom. The minimum atomic E-state index is -3.72. The van der Waals surface area contributed by atoms with Gasteiger partial charge in [0.2, 0.25) is 15.9 Å². The van der Waals surface area contributed by atoms with Gasteiger partial charge >= 0.3 is 0 Å². The number of amides is 1. The molecule has 2 aromatic rings. The zero-order valence-corrected chi connectivity index (χ0v) is 15.5. The Labute approximate surface area is 153 Å². The van der Waals surface area contributed by atoms with Gasteiger partial charge in [0.1, 0.15) is 4.90 Å². The lowest BCUT2D eigenvalue weighted by Crippen LogP contribution is -2.41. The molecule has 3 rings (SSSR count). The third kappa shape index (κ3) is 4.28. The lowest BCUT2D eigenvalue weighted by Gasteiger charge is -2.24. The van der Waals surface area contributed by atoms with Gasteiger partial charge in [0.25, 0.3) is 0 Å². The summed E-state index contributed by atoms with van der Waals surface area (Å²) >= 11 is 0. The van der Waals surface area contributed by atoms with E-state index in [2.05, 4.69) is 15.4 Å². The van der Waals surface area contributed by atoms with Gasteiger partial charge in [-0.15, -0.1) is 0 Å². The van der Waals surface area contributed by atoms with Gasteiger partial charge in [-0.3, -0.25) is 14.5 Å². The number of nitrogens with zero attached hydrogens (tertiary/aromatic N) is 4. The Morgan fingerprint density at radius 3 is 2.77 bits per heavy atom. The molecule has 0 aromatic carbocycles. The molecule has 26 heavy (non-hydrogen) atoms. The minimum Gasteiger partial charge on any atom is -0.352 e. The Morgan fingerprint density at radius 1 is 1.35 bits per heavy atom. The lowest BCUT2D eigenvalue weighted by molar-refractivity contribution is -0.119. The molecular formula is C17H23N5O3S.